The summed E-state index contributed by atoms with van der Waals surface area (Å²) in [6.07, 6.45) is 6.61. The number of aryl methyl sites for hydroxylation is 2. The fourth-order valence-electron chi connectivity index (χ4n) is 5.43. The highest BCUT2D eigenvalue weighted by Gasteiger charge is 2.32. The van der Waals surface area contributed by atoms with Gasteiger partial charge in [-0.1, -0.05) is 61.7 Å². The lowest BCUT2D eigenvalue weighted by Crippen LogP contribution is -2.40. The molecule has 1 aromatic heterocycles. The Morgan fingerprint density at radius 1 is 1.02 bits per heavy atom. The lowest BCUT2D eigenvalue weighted by Gasteiger charge is -2.33. The van der Waals surface area contributed by atoms with Crippen LogP contribution in [-0.2, 0) is 21.4 Å². The molecule has 1 fully saturated rings. The summed E-state index contributed by atoms with van der Waals surface area (Å²) in [4.78, 5) is 31.5. The standard InChI is InChI=1S/C33H35N3O4/c1-22-34-29-18-17-27(21-30(29)35(22)2)24-13-15-26(16-14-24)33(39)36(32(38)25-9-5-4-6-10-25)28-11-7-8-23(20-28)12-19-31(37)40-3/h7-8,11-21,25,33,39H,4-6,9-10H2,1-3H3/b19-12+. The van der Waals surface area contributed by atoms with E-state index in [0.717, 1.165) is 65.7 Å². The number of rotatable bonds is 7. The first kappa shape index (κ1) is 27.3. The summed E-state index contributed by atoms with van der Waals surface area (Å²) >= 11 is 0. The Morgan fingerprint density at radius 3 is 2.48 bits per heavy atom. The number of imidazole rings is 1. The zero-order valence-electron chi connectivity index (χ0n) is 23.2. The molecule has 0 aliphatic heterocycles. The minimum Gasteiger partial charge on any atom is -0.466 e. The molecule has 0 radical (unpaired) electrons. The van der Waals surface area contributed by atoms with E-state index >= 15 is 0 Å². The molecule has 3 aromatic carbocycles. The minimum atomic E-state index is -1.16. The van der Waals surface area contributed by atoms with Gasteiger partial charge in [-0.2, -0.15) is 0 Å². The highest BCUT2D eigenvalue weighted by atomic mass is 16.5. The van der Waals surface area contributed by atoms with Gasteiger partial charge in [0, 0.05) is 30.3 Å². The van der Waals surface area contributed by atoms with Gasteiger partial charge in [-0.25, -0.2) is 9.78 Å². The number of benzene rings is 3. The van der Waals surface area contributed by atoms with E-state index in [9.17, 15) is 14.7 Å². The van der Waals surface area contributed by atoms with Gasteiger partial charge in [0.25, 0.3) is 0 Å². The predicted octanol–water partition coefficient (Wildman–Crippen LogP) is 6.34. The summed E-state index contributed by atoms with van der Waals surface area (Å²) in [7, 11) is 3.33. The molecule has 1 atom stereocenters. The maximum Gasteiger partial charge on any atom is 0.330 e. The van der Waals surface area contributed by atoms with Crippen molar-refractivity contribution in [2.75, 3.05) is 12.0 Å². The Morgan fingerprint density at radius 2 is 1.75 bits per heavy atom. The number of carbonyl (C=O) groups excluding carboxylic acids is 2. The lowest BCUT2D eigenvalue weighted by molar-refractivity contribution is -0.134. The van der Waals surface area contributed by atoms with Crippen LogP contribution in [0.2, 0.25) is 0 Å². The van der Waals surface area contributed by atoms with Crippen molar-refractivity contribution in [2.24, 2.45) is 13.0 Å². The summed E-state index contributed by atoms with van der Waals surface area (Å²) in [5, 5.41) is 11.6. The first-order valence-corrected chi connectivity index (χ1v) is 13.8. The predicted molar refractivity (Wildman–Crippen MR) is 157 cm³/mol. The zero-order valence-corrected chi connectivity index (χ0v) is 23.2. The van der Waals surface area contributed by atoms with E-state index in [1.165, 1.54) is 18.1 Å². The van der Waals surface area contributed by atoms with Gasteiger partial charge in [0.1, 0.15) is 5.82 Å². The number of hydrogen-bond donors (Lipinski definition) is 1. The van der Waals surface area contributed by atoms with Crippen molar-refractivity contribution >= 4 is 34.7 Å². The third kappa shape index (κ3) is 5.70. The summed E-state index contributed by atoms with van der Waals surface area (Å²) in [6.45, 7) is 1.99. The van der Waals surface area contributed by atoms with Gasteiger partial charge in [0.2, 0.25) is 5.91 Å². The van der Waals surface area contributed by atoms with Gasteiger partial charge in [-0.15, -0.1) is 0 Å². The summed E-state index contributed by atoms with van der Waals surface area (Å²) < 4.78 is 6.77. The van der Waals surface area contributed by atoms with Crippen LogP contribution in [0.15, 0.2) is 72.8 Å². The molecular weight excluding hydrogens is 502 g/mol. The number of fused-ring (bicyclic) bond motifs is 1. The van der Waals surface area contributed by atoms with Crippen LogP contribution in [0, 0.1) is 12.8 Å². The number of ether oxygens (including phenoxy) is 1. The molecule has 1 heterocycles. The molecule has 5 rings (SSSR count). The molecule has 0 spiro atoms. The van der Waals surface area contributed by atoms with Crippen molar-refractivity contribution in [1.29, 1.82) is 0 Å². The first-order valence-electron chi connectivity index (χ1n) is 13.8. The number of anilines is 1. The molecule has 1 amide bonds. The second kappa shape index (κ2) is 11.9. The van der Waals surface area contributed by atoms with Crippen LogP contribution in [0.5, 0.6) is 0 Å². The Labute approximate surface area is 234 Å². The highest BCUT2D eigenvalue weighted by molar-refractivity contribution is 5.96. The molecule has 1 unspecified atom stereocenters. The van der Waals surface area contributed by atoms with E-state index in [0.29, 0.717) is 11.3 Å². The van der Waals surface area contributed by atoms with Crippen molar-refractivity contribution < 1.29 is 19.4 Å². The van der Waals surface area contributed by atoms with Gasteiger partial charge in [0.15, 0.2) is 6.23 Å². The topological polar surface area (TPSA) is 84.7 Å². The largest absolute Gasteiger partial charge is 0.466 e. The number of amides is 1. The smallest absolute Gasteiger partial charge is 0.330 e. The van der Waals surface area contributed by atoms with Crippen LogP contribution in [0.3, 0.4) is 0 Å². The van der Waals surface area contributed by atoms with Gasteiger partial charge >= 0.3 is 5.97 Å². The van der Waals surface area contributed by atoms with Crippen LogP contribution in [0.1, 0.15) is 55.3 Å². The first-order chi connectivity index (χ1) is 19.4. The second-order valence-corrected chi connectivity index (χ2v) is 10.4. The normalized spacial score (nSPS) is 14.9. The third-order valence-corrected chi connectivity index (χ3v) is 7.84. The van der Waals surface area contributed by atoms with Crippen molar-refractivity contribution in [3.05, 3.63) is 89.8 Å². The molecule has 0 saturated heterocycles. The Kier molecular flexibility index (Phi) is 8.12. The van der Waals surface area contributed by atoms with Crippen LogP contribution >= 0.6 is 0 Å². The average Bonchev–Trinajstić information content (AvgIpc) is 3.28. The van der Waals surface area contributed by atoms with Crippen LogP contribution < -0.4 is 4.90 Å². The fraction of sp³-hybridized carbons (Fsp3) is 0.303. The molecular formula is C33H35N3O4. The summed E-state index contributed by atoms with van der Waals surface area (Å²) in [5.41, 5.74) is 6.01. The van der Waals surface area contributed by atoms with E-state index in [1.807, 2.05) is 74.6 Å². The van der Waals surface area contributed by atoms with E-state index in [-0.39, 0.29) is 11.8 Å². The maximum atomic E-state index is 13.8. The number of esters is 1. The summed E-state index contributed by atoms with van der Waals surface area (Å²) in [6, 6.07) is 21.2. The van der Waals surface area contributed by atoms with Crippen molar-refractivity contribution in [3.8, 4) is 11.1 Å². The van der Waals surface area contributed by atoms with Crippen LogP contribution in [0.4, 0.5) is 5.69 Å². The van der Waals surface area contributed by atoms with E-state index in [4.69, 9.17) is 4.74 Å². The zero-order chi connectivity index (χ0) is 28.2. The maximum absolute atomic E-state index is 13.8. The third-order valence-electron chi connectivity index (χ3n) is 7.84. The van der Waals surface area contributed by atoms with E-state index in [2.05, 4.69) is 15.6 Å². The molecule has 7 heteroatoms. The van der Waals surface area contributed by atoms with Gasteiger partial charge in [0.05, 0.1) is 18.1 Å². The van der Waals surface area contributed by atoms with E-state index < -0.39 is 12.2 Å². The van der Waals surface area contributed by atoms with Crippen LogP contribution in [0.25, 0.3) is 28.2 Å². The molecule has 40 heavy (non-hydrogen) atoms. The van der Waals surface area contributed by atoms with Gasteiger partial charge in [-0.05, 0) is 66.8 Å². The average molecular weight is 538 g/mol. The lowest BCUT2D eigenvalue weighted by atomic mass is 9.88. The van der Waals surface area contributed by atoms with Crippen molar-refractivity contribution in [3.63, 3.8) is 0 Å². The second-order valence-electron chi connectivity index (χ2n) is 10.4. The van der Waals surface area contributed by atoms with E-state index in [1.54, 1.807) is 6.08 Å². The minimum absolute atomic E-state index is 0.0811. The summed E-state index contributed by atoms with van der Waals surface area (Å²) in [5.74, 6) is 0.282. The number of nitrogens with zero attached hydrogens (tertiary/aromatic N) is 3. The SMILES string of the molecule is COC(=O)/C=C/c1cccc(N(C(=O)C2CCCCC2)C(O)c2ccc(-c3ccc4nc(C)n(C)c4c3)cc2)c1. The Hall–Kier alpha value is -4.23. The number of aliphatic hydroxyl groups is 1. The van der Waals surface area contributed by atoms with Crippen molar-refractivity contribution in [1.82, 2.24) is 9.55 Å². The Balaban J connectivity index is 1.46. The van der Waals surface area contributed by atoms with Crippen LogP contribution in [-0.4, -0.2) is 33.6 Å². The molecule has 4 aromatic rings. The number of hydrogen-bond acceptors (Lipinski definition) is 5. The number of aliphatic hydroxyl groups excluding tert-OH is 1. The number of carbonyl (C=O) groups is 2. The molecule has 7 nitrogen and oxygen atoms in total. The van der Waals surface area contributed by atoms with Gasteiger partial charge < -0.3 is 14.4 Å². The Bertz CT molecular complexity index is 1550. The molecule has 1 saturated carbocycles. The molecule has 206 valence electrons. The molecule has 1 aliphatic rings. The molecule has 0 bridgehead atoms. The van der Waals surface area contributed by atoms with Crippen molar-refractivity contribution in [2.45, 2.75) is 45.3 Å². The highest BCUT2D eigenvalue weighted by Crippen LogP contribution is 2.34. The number of aromatic nitrogens is 2. The number of methoxy groups -OCH3 is 1. The monoisotopic (exact) mass is 537 g/mol. The molecule has 1 N–H and O–H groups in total. The fourth-order valence-corrected chi connectivity index (χ4v) is 5.43. The molecule has 1 aliphatic carbocycles. The quantitative estimate of drug-likeness (QED) is 0.169. The van der Waals surface area contributed by atoms with Gasteiger partial charge in [-0.3, -0.25) is 9.69 Å².